The molecule has 1 aromatic heterocycles. The third-order valence-corrected chi connectivity index (χ3v) is 3.33. The first-order valence-corrected chi connectivity index (χ1v) is 7.16. The van der Waals surface area contributed by atoms with Crippen molar-refractivity contribution in [2.75, 3.05) is 20.3 Å². The molecule has 21 heavy (non-hydrogen) atoms. The van der Waals surface area contributed by atoms with E-state index in [0.29, 0.717) is 31.2 Å². The molecule has 0 aliphatic rings. The molecule has 0 bridgehead atoms. The van der Waals surface area contributed by atoms with Crippen molar-refractivity contribution in [1.29, 1.82) is 0 Å². The molecule has 1 aromatic carbocycles. The predicted molar refractivity (Wildman–Crippen MR) is 81.2 cm³/mol. The fourth-order valence-corrected chi connectivity index (χ4v) is 2.10. The van der Waals surface area contributed by atoms with E-state index in [9.17, 15) is 4.39 Å². The van der Waals surface area contributed by atoms with Gasteiger partial charge in [-0.2, -0.15) is 5.10 Å². The van der Waals surface area contributed by atoms with Crippen molar-refractivity contribution in [1.82, 2.24) is 15.1 Å². The summed E-state index contributed by atoms with van der Waals surface area (Å²) in [5.74, 6) is 0.127. The number of rotatable bonds is 7. The summed E-state index contributed by atoms with van der Waals surface area (Å²) in [6.07, 6.45) is 1.88. The molecule has 0 amide bonds. The van der Waals surface area contributed by atoms with E-state index in [1.807, 2.05) is 18.3 Å². The molecule has 2 rings (SSSR count). The van der Waals surface area contributed by atoms with Gasteiger partial charge in [0.2, 0.25) is 0 Å². The number of hydrogen-bond donors (Lipinski definition) is 1. The Kier molecular flexibility index (Phi) is 5.47. The molecule has 0 saturated carbocycles. The number of halogens is 1. The fourth-order valence-electron chi connectivity index (χ4n) is 2.10. The number of benzene rings is 1. The fraction of sp³-hybridized carbons (Fsp3) is 0.438. The SMILES string of the molecule is COCCNCc1c(F)cccc1-n1ccc(C(C)C)n1. The van der Waals surface area contributed by atoms with E-state index in [4.69, 9.17) is 4.74 Å². The molecule has 0 spiro atoms. The van der Waals surface area contributed by atoms with E-state index in [-0.39, 0.29) is 5.82 Å². The number of ether oxygens (including phenoxy) is 1. The van der Waals surface area contributed by atoms with E-state index in [1.165, 1.54) is 6.07 Å². The normalized spacial score (nSPS) is 11.3. The highest BCUT2D eigenvalue weighted by Gasteiger charge is 2.12. The van der Waals surface area contributed by atoms with Crippen LogP contribution < -0.4 is 5.32 Å². The Morgan fingerprint density at radius 1 is 1.33 bits per heavy atom. The van der Waals surface area contributed by atoms with E-state index in [0.717, 1.165) is 11.4 Å². The number of hydrogen-bond acceptors (Lipinski definition) is 3. The molecular formula is C16H22FN3O. The lowest BCUT2D eigenvalue weighted by Gasteiger charge is -2.12. The Hall–Kier alpha value is -1.72. The van der Waals surface area contributed by atoms with Crippen molar-refractivity contribution in [3.05, 3.63) is 47.5 Å². The molecule has 114 valence electrons. The topological polar surface area (TPSA) is 39.1 Å². The van der Waals surface area contributed by atoms with E-state index in [1.54, 1.807) is 17.9 Å². The zero-order chi connectivity index (χ0) is 15.2. The Labute approximate surface area is 124 Å². The van der Waals surface area contributed by atoms with Crippen molar-refractivity contribution in [2.45, 2.75) is 26.3 Å². The van der Waals surface area contributed by atoms with Crippen LogP contribution >= 0.6 is 0 Å². The van der Waals surface area contributed by atoms with E-state index >= 15 is 0 Å². The number of nitrogens with one attached hydrogen (secondary N) is 1. The first-order chi connectivity index (χ1) is 10.1. The average molecular weight is 291 g/mol. The van der Waals surface area contributed by atoms with Crippen LogP contribution in [0.3, 0.4) is 0 Å². The second-order valence-corrected chi connectivity index (χ2v) is 5.25. The minimum Gasteiger partial charge on any atom is -0.383 e. The van der Waals surface area contributed by atoms with Gasteiger partial charge >= 0.3 is 0 Å². The molecule has 2 aromatic rings. The molecule has 0 atom stereocenters. The predicted octanol–water partition coefficient (Wildman–Crippen LogP) is 2.87. The molecule has 4 nitrogen and oxygen atoms in total. The van der Waals surface area contributed by atoms with Crippen LogP contribution in [0.15, 0.2) is 30.5 Å². The van der Waals surface area contributed by atoms with Crippen LogP contribution in [-0.4, -0.2) is 30.0 Å². The Morgan fingerprint density at radius 3 is 2.81 bits per heavy atom. The molecular weight excluding hydrogens is 269 g/mol. The second-order valence-electron chi connectivity index (χ2n) is 5.25. The van der Waals surface area contributed by atoms with Crippen LogP contribution in [0.4, 0.5) is 4.39 Å². The van der Waals surface area contributed by atoms with Gasteiger partial charge in [0.25, 0.3) is 0 Å². The van der Waals surface area contributed by atoms with Crippen LogP contribution in [0.25, 0.3) is 5.69 Å². The van der Waals surface area contributed by atoms with Gasteiger partial charge in [0.15, 0.2) is 0 Å². The average Bonchev–Trinajstić information content (AvgIpc) is 2.94. The molecule has 1 N–H and O–H groups in total. The Bertz CT molecular complexity index is 581. The lowest BCUT2D eigenvalue weighted by molar-refractivity contribution is 0.199. The molecule has 5 heteroatoms. The highest BCUT2D eigenvalue weighted by Crippen LogP contribution is 2.19. The van der Waals surface area contributed by atoms with Crippen LogP contribution in [-0.2, 0) is 11.3 Å². The third-order valence-electron chi connectivity index (χ3n) is 3.33. The first kappa shape index (κ1) is 15.7. The molecule has 0 fully saturated rings. The standard InChI is InChI=1S/C16H22FN3O/c1-12(2)15-7-9-20(19-15)16-6-4-5-14(17)13(16)11-18-8-10-21-3/h4-7,9,12,18H,8,10-11H2,1-3H3. The van der Waals surface area contributed by atoms with Crippen molar-refractivity contribution in [2.24, 2.45) is 0 Å². The quantitative estimate of drug-likeness (QED) is 0.797. The van der Waals surface area contributed by atoms with Gasteiger partial charge < -0.3 is 10.1 Å². The second kappa shape index (κ2) is 7.33. The maximum atomic E-state index is 14.1. The van der Waals surface area contributed by atoms with Crippen molar-refractivity contribution >= 4 is 0 Å². The smallest absolute Gasteiger partial charge is 0.129 e. The third kappa shape index (κ3) is 3.89. The number of aromatic nitrogens is 2. The van der Waals surface area contributed by atoms with Gasteiger partial charge in [0.1, 0.15) is 5.82 Å². The summed E-state index contributed by atoms with van der Waals surface area (Å²) in [5.41, 5.74) is 2.39. The van der Waals surface area contributed by atoms with Crippen molar-refractivity contribution in [3.8, 4) is 5.69 Å². The summed E-state index contributed by atoms with van der Waals surface area (Å²) < 4.78 is 20.8. The molecule has 0 aliphatic heterocycles. The molecule has 1 heterocycles. The summed E-state index contributed by atoms with van der Waals surface area (Å²) >= 11 is 0. The highest BCUT2D eigenvalue weighted by molar-refractivity contribution is 5.41. The van der Waals surface area contributed by atoms with Crippen molar-refractivity contribution in [3.63, 3.8) is 0 Å². The van der Waals surface area contributed by atoms with Gasteiger partial charge in [0.05, 0.1) is 18.0 Å². The maximum absolute atomic E-state index is 14.1. The Morgan fingerprint density at radius 2 is 2.14 bits per heavy atom. The van der Waals surface area contributed by atoms with Gasteiger partial charge in [-0.25, -0.2) is 9.07 Å². The summed E-state index contributed by atoms with van der Waals surface area (Å²) in [6, 6.07) is 7.04. The van der Waals surface area contributed by atoms with Gasteiger partial charge in [-0.15, -0.1) is 0 Å². The monoisotopic (exact) mass is 291 g/mol. The molecule has 0 radical (unpaired) electrons. The van der Waals surface area contributed by atoms with E-state index < -0.39 is 0 Å². The Balaban J connectivity index is 2.23. The lowest BCUT2D eigenvalue weighted by Crippen LogP contribution is -2.20. The van der Waals surface area contributed by atoms with Crippen LogP contribution in [0.1, 0.15) is 31.0 Å². The minimum absolute atomic E-state index is 0.223. The zero-order valence-corrected chi connectivity index (χ0v) is 12.8. The zero-order valence-electron chi connectivity index (χ0n) is 12.8. The maximum Gasteiger partial charge on any atom is 0.129 e. The van der Waals surface area contributed by atoms with Gasteiger partial charge in [-0.05, 0) is 24.1 Å². The molecule has 0 saturated heterocycles. The summed E-state index contributed by atoms with van der Waals surface area (Å²) in [5, 5.41) is 7.70. The number of nitrogens with zero attached hydrogens (tertiary/aromatic N) is 2. The molecule has 0 unspecified atom stereocenters. The van der Waals surface area contributed by atoms with Gasteiger partial charge in [-0.1, -0.05) is 19.9 Å². The van der Waals surface area contributed by atoms with Gasteiger partial charge in [-0.3, -0.25) is 0 Å². The lowest BCUT2D eigenvalue weighted by atomic mass is 10.1. The minimum atomic E-state index is -0.223. The van der Waals surface area contributed by atoms with E-state index in [2.05, 4.69) is 24.3 Å². The highest BCUT2D eigenvalue weighted by atomic mass is 19.1. The summed E-state index contributed by atoms with van der Waals surface area (Å²) in [7, 11) is 1.65. The van der Waals surface area contributed by atoms with Gasteiger partial charge in [0, 0.05) is 32.0 Å². The molecule has 0 aliphatic carbocycles. The largest absolute Gasteiger partial charge is 0.383 e. The summed E-state index contributed by atoms with van der Waals surface area (Å²) in [4.78, 5) is 0. The number of methoxy groups -OCH3 is 1. The van der Waals surface area contributed by atoms with Crippen LogP contribution in [0, 0.1) is 5.82 Å². The van der Waals surface area contributed by atoms with Crippen molar-refractivity contribution < 1.29 is 9.13 Å². The van der Waals surface area contributed by atoms with Crippen LogP contribution in [0.2, 0.25) is 0 Å². The van der Waals surface area contributed by atoms with Crippen LogP contribution in [0.5, 0.6) is 0 Å². The summed E-state index contributed by atoms with van der Waals surface area (Å²) in [6.45, 7) is 5.91. The first-order valence-electron chi connectivity index (χ1n) is 7.16.